The normalized spacial score (nSPS) is 17.5. The number of hydrogen-bond donors (Lipinski definition) is 0. The zero-order chi connectivity index (χ0) is 29.1. The molecule has 2 aromatic rings. The molecule has 12 heteroatoms. The van der Waals surface area contributed by atoms with Gasteiger partial charge in [0.1, 0.15) is 0 Å². The largest absolute Gasteiger partial charge is 0.493 e. The molecule has 0 radical (unpaired) electrons. The SMILES string of the molecule is CCCCN1c2cc(OC)c(OC)cc2C(N(Cc2cc(C(F)(F)F)cc(C(F)(F)F)c2)C(=O)OC)CC1C. The van der Waals surface area contributed by atoms with E-state index in [1.54, 1.807) is 12.1 Å². The molecule has 0 aliphatic carbocycles. The van der Waals surface area contributed by atoms with E-state index in [4.69, 9.17) is 14.2 Å². The highest BCUT2D eigenvalue weighted by Gasteiger charge is 2.40. The average Bonchev–Trinajstić information content (AvgIpc) is 2.88. The fourth-order valence-corrected chi connectivity index (χ4v) is 4.91. The van der Waals surface area contributed by atoms with Gasteiger partial charge in [-0.1, -0.05) is 13.3 Å². The van der Waals surface area contributed by atoms with Crippen LogP contribution >= 0.6 is 0 Å². The van der Waals surface area contributed by atoms with Crippen LogP contribution in [0.25, 0.3) is 0 Å². The van der Waals surface area contributed by atoms with Crippen molar-refractivity contribution in [2.24, 2.45) is 0 Å². The van der Waals surface area contributed by atoms with Gasteiger partial charge in [0.05, 0.1) is 38.5 Å². The van der Waals surface area contributed by atoms with Crippen molar-refractivity contribution < 1.29 is 45.3 Å². The highest BCUT2D eigenvalue weighted by Crippen LogP contribution is 2.46. The number of fused-ring (bicyclic) bond motifs is 1. The number of halogens is 6. The van der Waals surface area contributed by atoms with E-state index in [-0.39, 0.29) is 17.7 Å². The van der Waals surface area contributed by atoms with Gasteiger partial charge in [0.25, 0.3) is 0 Å². The third-order valence-corrected chi connectivity index (χ3v) is 6.84. The van der Waals surface area contributed by atoms with Gasteiger partial charge in [-0.2, -0.15) is 26.3 Å². The molecule has 0 bridgehead atoms. The quantitative estimate of drug-likeness (QED) is 0.313. The Kier molecular flexibility index (Phi) is 9.17. The highest BCUT2D eigenvalue weighted by atomic mass is 19.4. The lowest BCUT2D eigenvalue weighted by Gasteiger charge is -2.44. The Hall–Kier alpha value is -3.31. The number of rotatable bonds is 8. The molecule has 216 valence electrons. The van der Waals surface area contributed by atoms with Crippen molar-refractivity contribution in [3.63, 3.8) is 0 Å². The van der Waals surface area contributed by atoms with Gasteiger partial charge in [-0.05, 0) is 49.6 Å². The summed E-state index contributed by atoms with van der Waals surface area (Å²) >= 11 is 0. The average molecular weight is 563 g/mol. The van der Waals surface area contributed by atoms with Crippen LogP contribution < -0.4 is 14.4 Å². The number of nitrogens with zero attached hydrogens (tertiary/aromatic N) is 2. The van der Waals surface area contributed by atoms with Crippen LogP contribution in [0.5, 0.6) is 11.5 Å². The van der Waals surface area contributed by atoms with Crippen LogP contribution in [0.15, 0.2) is 30.3 Å². The van der Waals surface area contributed by atoms with E-state index in [0.717, 1.165) is 30.5 Å². The minimum absolute atomic E-state index is 0.0622. The van der Waals surface area contributed by atoms with Crippen LogP contribution in [0.2, 0.25) is 0 Å². The zero-order valence-electron chi connectivity index (χ0n) is 22.4. The summed E-state index contributed by atoms with van der Waals surface area (Å²) in [5.74, 6) is 0.817. The fraction of sp³-hybridized carbons (Fsp3) is 0.519. The summed E-state index contributed by atoms with van der Waals surface area (Å²) in [6, 6.07) is 3.92. The van der Waals surface area contributed by atoms with Gasteiger partial charge in [-0.25, -0.2) is 4.79 Å². The van der Waals surface area contributed by atoms with Gasteiger partial charge in [0.2, 0.25) is 0 Å². The molecular formula is C27H32F6N2O4. The molecule has 2 atom stereocenters. The molecule has 0 aromatic heterocycles. The molecule has 39 heavy (non-hydrogen) atoms. The van der Waals surface area contributed by atoms with Crippen molar-refractivity contribution in [1.29, 1.82) is 0 Å². The van der Waals surface area contributed by atoms with Gasteiger partial charge in [-0.3, -0.25) is 4.90 Å². The summed E-state index contributed by atoms with van der Waals surface area (Å²) in [5, 5.41) is 0. The number of hydrogen-bond acceptors (Lipinski definition) is 5. The number of benzene rings is 2. The highest BCUT2D eigenvalue weighted by molar-refractivity contribution is 5.71. The smallest absolute Gasteiger partial charge is 0.416 e. The topological polar surface area (TPSA) is 51.2 Å². The molecule has 1 amide bonds. The van der Waals surface area contributed by atoms with E-state index in [9.17, 15) is 31.1 Å². The summed E-state index contributed by atoms with van der Waals surface area (Å²) < 4.78 is 96.9. The van der Waals surface area contributed by atoms with Gasteiger partial charge in [0, 0.05) is 36.4 Å². The van der Waals surface area contributed by atoms with Gasteiger partial charge >= 0.3 is 18.4 Å². The van der Waals surface area contributed by atoms with Crippen molar-refractivity contribution in [2.75, 3.05) is 32.8 Å². The number of alkyl halides is 6. The molecule has 3 rings (SSSR count). The third-order valence-electron chi connectivity index (χ3n) is 6.84. The van der Waals surface area contributed by atoms with Crippen LogP contribution in [0.4, 0.5) is 36.8 Å². The lowest BCUT2D eigenvalue weighted by molar-refractivity contribution is -0.143. The molecule has 0 spiro atoms. The van der Waals surface area contributed by atoms with E-state index in [1.165, 1.54) is 14.2 Å². The van der Waals surface area contributed by atoms with Crippen molar-refractivity contribution >= 4 is 11.8 Å². The standard InChI is InChI=1S/C27H32F6N2O4/c1-6-7-8-34-16(2)9-21(20-13-23(37-3)24(38-4)14-22(20)34)35(25(36)39-5)15-17-10-18(26(28,29)30)12-19(11-17)27(31,32)33/h10-14,16,21H,6-9,15H2,1-5H3. The number of unbranched alkanes of at least 4 members (excludes halogenated alkanes) is 1. The van der Waals surface area contributed by atoms with Crippen LogP contribution in [0.3, 0.4) is 0 Å². The van der Waals surface area contributed by atoms with Crippen LogP contribution in [0, 0.1) is 0 Å². The van der Waals surface area contributed by atoms with Gasteiger partial charge in [-0.15, -0.1) is 0 Å². The molecule has 1 aliphatic heterocycles. The zero-order valence-corrected chi connectivity index (χ0v) is 22.4. The number of carbonyl (C=O) groups excluding carboxylic acids is 1. The lowest BCUT2D eigenvalue weighted by Crippen LogP contribution is -2.45. The second-order valence-electron chi connectivity index (χ2n) is 9.43. The Morgan fingerprint density at radius 3 is 2.00 bits per heavy atom. The monoisotopic (exact) mass is 562 g/mol. The van der Waals surface area contributed by atoms with Gasteiger partial charge < -0.3 is 19.1 Å². The first-order valence-electron chi connectivity index (χ1n) is 12.4. The van der Waals surface area contributed by atoms with Gasteiger partial charge in [0.15, 0.2) is 11.5 Å². The molecule has 1 heterocycles. The van der Waals surface area contributed by atoms with E-state index >= 15 is 0 Å². The Bertz CT molecular complexity index is 1140. The molecule has 0 fully saturated rings. The number of ether oxygens (including phenoxy) is 3. The predicted octanol–water partition coefficient (Wildman–Crippen LogP) is 7.45. The Balaban J connectivity index is 2.17. The van der Waals surface area contributed by atoms with E-state index in [2.05, 4.69) is 11.8 Å². The minimum atomic E-state index is -5.01. The second-order valence-corrected chi connectivity index (χ2v) is 9.43. The number of amides is 1. The van der Waals surface area contributed by atoms with E-state index in [1.807, 2.05) is 6.92 Å². The maximum atomic E-state index is 13.5. The molecule has 0 saturated carbocycles. The first kappa shape index (κ1) is 30.2. The minimum Gasteiger partial charge on any atom is -0.493 e. The fourth-order valence-electron chi connectivity index (χ4n) is 4.91. The van der Waals surface area contributed by atoms with Crippen molar-refractivity contribution in [2.45, 2.75) is 64.1 Å². The molecule has 1 aliphatic rings. The third kappa shape index (κ3) is 6.65. The Labute approximate surface area is 223 Å². The maximum Gasteiger partial charge on any atom is 0.416 e. The summed E-state index contributed by atoms with van der Waals surface area (Å²) in [5.41, 5.74) is -1.88. The summed E-state index contributed by atoms with van der Waals surface area (Å²) in [7, 11) is 4.04. The molecule has 0 N–H and O–H groups in total. The number of carbonyl (C=O) groups is 1. The summed E-state index contributed by atoms with van der Waals surface area (Å²) in [6.45, 7) is 4.16. The van der Waals surface area contributed by atoms with Crippen LogP contribution in [0.1, 0.15) is 61.4 Å². The molecular weight excluding hydrogens is 530 g/mol. The van der Waals surface area contributed by atoms with Crippen molar-refractivity contribution in [3.05, 3.63) is 52.6 Å². The summed E-state index contributed by atoms with van der Waals surface area (Å²) in [6.07, 6.45) is -8.74. The Morgan fingerprint density at radius 1 is 0.949 bits per heavy atom. The predicted molar refractivity (Wildman–Crippen MR) is 133 cm³/mol. The maximum absolute atomic E-state index is 13.5. The first-order chi connectivity index (χ1) is 18.2. The summed E-state index contributed by atoms with van der Waals surface area (Å²) in [4.78, 5) is 16.3. The molecule has 2 unspecified atom stereocenters. The first-order valence-corrected chi connectivity index (χ1v) is 12.4. The van der Waals surface area contributed by atoms with Crippen LogP contribution in [-0.2, 0) is 23.6 Å². The Morgan fingerprint density at radius 2 is 1.51 bits per heavy atom. The van der Waals surface area contributed by atoms with E-state index in [0.29, 0.717) is 42.2 Å². The van der Waals surface area contributed by atoms with Crippen molar-refractivity contribution in [3.8, 4) is 11.5 Å². The van der Waals surface area contributed by atoms with Crippen molar-refractivity contribution in [1.82, 2.24) is 4.90 Å². The number of anilines is 1. The lowest BCUT2D eigenvalue weighted by atomic mass is 9.89. The molecule has 6 nitrogen and oxygen atoms in total. The molecule has 2 aromatic carbocycles. The van der Waals surface area contributed by atoms with E-state index < -0.39 is 42.2 Å². The number of methoxy groups -OCH3 is 3. The molecule has 0 saturated heterocycles. The van der Waals surface area contributed by atoms with Crippen LogP contribution in [-0.4, -0.2) is 44.9 Å². The second kappa shape index (κ2) is 11.8.